The zero-order chi connectivity index (χ0) is 19.4. The van der Waals surface area contributed by atoms with Crippen LogP contribution in [0.15, 0.2) is 4.99 Å². The summed E-state index contributed by atoms with van der Waals surface area (Å²) in [6, 6.07) is 0.525. The Hall–Kier alpha value is -0.120. The Bertz CT molecular complexity index is 444. The van der Waals surface area contributed by atoms with Gasteiger partial charge in [0.2, 0.25) is 0 Å². The van der Waals surface area contributed by atoms with E-state index >= 15 is 0 Å². The van der Waals surface area contributed by atoms with Crippen LogP contribution in [0.1, 0.15) is 64.7 Å². The van der Waals surface area contributed by atoms with Crippen LogP contribution in [0, 0.1) is 5.92 Å². The minimum Gasteiger partial charge on any atom is -0.381 e. The van der Waals surface area contributed by atoms with Gasteiger partial charge in [0, 0.05) is 38.8 Å². The first-order valence-electron chi connectivity index (χ1n) is 11.8. The summed E-state index contributed by atoms with van der Waals surface area (Å²) in [5.74, 6) is 1.70. The molecule has 170 valence electrons. The molecular formula is C22H43IN4O2. The molecular weight excluding hydrogens is 479 g/mol. The maximum absolute atomic E-state index is 6.08. The summed E-state index contributed by atoms with van der Waals surface area (Å²) in [5, 5.41) is 7.05. The summed E-state index contributed by atoms with van der Waals surface area (Å²) in [6.45, 7) is 9.99. The topological polar surface area (TPSA) is 58.1 Å². The number of hydrogen-bond acceptors (Lipinski definition) is 4. The number of guanidine groups is 1. The second-order valence-electron chi connectivity index (χ2n) is 8.69. The molecule has 0 aromatic carbocycles. The Kier molecular flexibility index (Phi) is 12.8. The monoisotopic (exact) mass is 522 g/mol. The van der Waals surface area contributed by atoms with Gasteiger partial charge in [-0.2, -0.15) is 0 Å². The molecule has 0 amide bonds. The highest BCUT2D eigenvalue weighted by Gasteiger charge is 2.24. The van der Waals surface area contributed by atoms with Gasteiger partial charge in [-0.25, -0.2) is 0 Å². The lowest BCUT2D eigenvalue weighted by molar-refractivity contribution is 0.0487. The number of rotatable bonds is 8. The van der Waals surface area contributed by atoms with Gasteiger partial charge in [-0.3, -0.25) is 4.99 Å². The maximum Gasteiger partial charge on any atom is 0.191 e. The second-order valence-corrected chi connectivity index (χ2v) is 8.69. The Morgan fingerprint density at radius 1 is 1.07 bits per heavy atom. The highest BCUT2D eigenvalue weighted by Crippen LogP contribution is 2.20. The van der Waals surface area contributed by atoms with Gasteiger partial charge in [0.05, 0.1) is 25.9 Å². The van der Waals surface area contributed by atoms with Crippen LogP contribution in [0.4, 0.5) is 0 Å². The van der Waals surface area contributed by atoms with Crippen molar-refractivity contribution in [1.29, 1.82) is 0 Å². The molecule has 0 spiro atoms. The summed E-state index contributed by atoms with van der Waals surface area (Å²) in [4.78, 5) is 7.37. The van der Waals surface area contributed by atoms with Crippen LogP contribution in [-0.4, -0.2) is 75.5 Å². The number of piperidine rings is 1. The van der Waals surface area contributed by atoms with E-state index in [1.54, 1.807) is 0 Å². The van der Waals surface area contributed by atoms with Crippen molar-refractivity contribution in [2.24, 2.45) is 10.9 Å². The van der Waals surface area contributed by atoms with Crippen molar-refractivity contribution in [2.45, 2.75) is 76.9 Å². The van der Waals surface area contributed by atoms with E-state index in [1.807, 2.05) is 0 Å². The number of halogens is 1. The Labute approximate surface area is 195 Å². The normalized spacial score (nSPS) is 25.4. The average molecular weight is 523 g/mol. The van der Waals surface area contributed by atoms with E-state index in [1.165, 1.54) is 77.4 Å². The molecule has 1 saturated carbocycles. The van der Waals surface area contributed by atoms with Gasteiger partial charge in [-0.1, -0.05) is 25.7 Å². The van der Waals surface area contributed by atoms with Crippen molar-refractivity contribution in [3.8, 4) is 0 Å². The van der Waals surface area contributed by atoms with Crippen LogP contribution in [0.5, 0.6) is 0 Å². The second kappa shape index (κ2) is 14.8. The van der Waals surface area contributed by atoms with Gasteiger partial charge >= 0.3 is 0 Å². The lowest BCUT2D eigenvalue weighted by Crippen LogP contribution is -2.49. The summed E-state index contributed by atoms with van der Waals surface area (Å²) in [7, 11) is 0. The van der Waals surface area contributed by atoms with Crippen LogP contribution < -0.4 is 10.6 Å². The number of likely N-dealkylation sites (tertiary alicyclic amines) is 1. The zero-order valence-electron chi connectivity index (χ0n) is 18.4. The molecule has 3 fully saturated rings. The molecule has 2 aliphatic heterocycles. The van der Waals surface area contributed by atoms with E-state index < -0.39 is 0 Å². The predicted octanol–water partition coefficient (Wildman–Crippen LogP) is 3.40. The minimum absolute atomic E-state index is 0. The molecule has 3 aliphatic rings. The molecule has 29 heavy (non-hydrogen) atoms. The quantitative estimate of drug-likeness (QED) is 0.168. The Morgan fingerprint density at radius 3 is 2.48 bits per heavy atom. The first-order valence-corrected chi connectivity index (χ1v) is 11.8. The van der Waals surface area contributed by atoms with E-state index in [-0.39, 0.29) is 24.0 Å². The molecule has 0 radical (unpaired) electrons. The van der Waals surface area contributed by atoms with Crippen molar-refractivity contribution in [3.63, 3.8) is 0 Å². The number of hydrogen-bond donors (Lipinski definition) is 2. The molecule has 0 aromatic heterocycles. The maximum atomic E-state index is 6.08. The molecule has 1 atom stereocenters. The first-order chi connectivity index (χ1) is 13.8. The highest BCUT2D eigenvalue weighted by molar-refractivity contribution is 14.0. The molecule has 2 heterocycles. The zero-order valence-corrected chi connectivity index (χ0v) is 20.7. The lowest BCUT2D eigenvalue weighted by atomic mass is 10.0. The Balaban J connectivity index is 0.00000300. The number of aliphatic imine (C=N–C) groups is 1. The van der Waals surface area contributed by atoms with Crippen molar-refractivity contribution < 1.29 is 9.47 Å². The molecule has 0 aromatic rings. The minimum atomic E-state index is 0. The standard InChI is InChI=1S/C22H42N4O2.HI/c1-2-23-22(24-12-16-28-21-7-5-3-4-6-8-21)25-20-9-13-26(14-10-20)17-19-11-15-27-18-19;/h19-21H,2-18H2,1H3,(H2,23,24,25);1H. The van der Waals surface area contributed by atoms with Crippen LogP contribution >= 0.6 is 24.0 Å². The van der Waals surface area contributed by atoms with Crippen molar-refractivity contribution in [1.82, 2.24) is 15.5 Å². The van der Waals surface area contributed by atoms with Gasteiger partial charge < -0.3 is 25.0 Å². The average Bonchev–Trinajstić information content (AvgIpc) is 3.08. The third-order valence-electron chi connectivity index (χ3n) is 6.33. The third kappa shape index (κ3) is 9.70. The fraction of sp³-hybridized carbons (Fsp3) is 0.955. The summed E-state index contributed by atoms with van der Waals surface area (Å²) < 4.78 is 11.6. The van der Waals surface area contributed by atoms with E-state index in [4.69, 9.17) is 14.5 Å². The fourth-order valence-corrected chi connectivity index (χ4v) is 4.65. The summed E-state index contributed by atoms with van der Waals surface area (Å²) >= 11 is 0. The van der Waals surface area contributed by atoms with Crippen molar-refractivity contribution in [2.75, 3.05) is 52.5 Å². The van der Waals surface area contributed by atoms with E-state index in [0.717, 1.165) is 44.8 Å². The van der Waals surface area contributed by atoms with Crippen LogP contribution in [0.2, 0.25) is 0 Å². The molecule has 2 saturated heterocycles. The predicted molar refractivity (Wildman–Crippen MR) is 130 cm³/mol. The van der Waals surface area contributed by atoms with Crippen molar-refractivity contribution >= 4 is 29.9 Å². The molecule has 2 N–H and O–H groups in total. The molecule has 7 heteroatoms. The number of nitrogens with zero attached hydrogens (tertiary/aromatic N) is 2. The molecule has 3 rings (SSSR count). The lowest BCUT2D eigenvalue weighted by Gasteiger charge is -2.34. The first kappa shape index (κ1) is 25.1. The molecule has 1 aliphatic carbocycles. The van der Waals surface area contributed by atoms with Gasteiger partial charge in [0.1, 0.15) is 0 Å². The Morgan fingerprint density at radius 2 is 1.83 bits per heavy atom. The molecule has 6 nitrogen and oxygen atoms in total. The van der Waals surface area contributed by atoms with Crippen molar-refractivity contribution in [3.05, 3.63) is 0 Å². The third-order valence-corrected chi connectivity index (χ3v) is 6.33. The number of nitrogens with one attached hydrogen (secondary N) is 2. The van der Waals surface area contributed by atoms with Gasteiger partial charge in [-0.05, 0) is 44.9 Å². The van der Waals surface area contributed by atoms with Gasteiger partial charge in [0.15, 0.2) is 5.96 Å². The van der Waals surface area contributed by atoms with Crippen LogP contribution in [0.25, 0.3) is 0 Å². The summed E-state index contributed by atoms with van der Waals surface area (Å²) in [6.07, 6.45) is 11.9. The largest absolute Gasteiger partial charge is 0.381 e. The van der Waals surface area contributed by atoms with E-state index in [9.17, 15) is 0 Å². The van der Waals surface area contributed by atoms with Crippen LogP contribution in [-0.2, 0) is 9.47 Å². The van der Waals surface area contributed by atoms with E-state index in [2.05, 4.69) is 22.5 Å². The van der Waals surface area contributed by atoms with Gasteiger partial charge in [-0.15, -0.1) is 24.0 Å². The smallest absolute Gasteiger partial charge is 0.191 e. The van der Waals surface area contributed by atoms with Gasteiger partial charge in [0.25, 0.3) is 0 Å². The number of ether oxygens (including phenoxy) is 2. The van der Waals surface area contributed by atoms with E-state index in [0.29, 0.717) is 12.1 Å². The van der Waals surface area contributed by atoms with Crippen LogP contribution in [0.3, 0.4) is 0 Å². The summed E-state index contributed by atoms with van der Waals surface area (Å²) in [5.41, 5.74) is 0. The molecule has 1 unspecified atom stereocenters. The highest BCUT2D eigenvalue weighted by atomic mass is 127. The fourth-order valence-electron chi connectivity index (χ4n) is 4.65. The SMILES string of the molecule is CCNC(=NCCOC1CCCCCC1)NC1CCN(CC2CCOC2)CC1.I. The molecule has 0 bridgehead atoms.